The summed E-state index contributed by atoms with van der Waals surface area (Å²) in [5.74, 6) is -5.59. The van der Waals surface area contributed by atoms with Crippen molar-refractivity contribution in [2.24, 2.45) is 41.4 Å². The molecule has 3 aliphatic heterocycles. The lowest BCUT2D eigenvalue weighted by molar-refractivity contribution is -0.265. The molecular formula is C84H123N3O15. The molecule has 18 nitrogen and oxygen atoms in total. The van der Waals surface area contributed by atoms with Crippen molar-refractivity contribution in [2.75, 3.05) is 72.7 Å². The number of rotatable bonds is 19. The van der Waals surface area contributed by atoms with Crippen molar-refractivity contribution in [1.29, 1.82) is 0 Å². The lowest BCUT2D eigenvalue weighted by atomic mass is 9.78. The maximum atomic E-state index is 14.5. The quantitative estimate of drug-likeness (QED) is 0.0378. The molecule has 16 atom stereocenters. The van der Waals surface area contributed by atoms with Crippen LogP contribution >= 0.6 is 0 Å². The molecule has 1 amide bonds. The van der Waals surface area contributed by atoms with Crippen LogP contribution in [-0.4, -0.2) is 166 Å². The van der Waals surface area contributed by atoms with Crippen LogP contribution in [0, 0.1) is 41.4 Å². The molecule has 3 aromatic rings. The van der Waals surface area contributed by atoms with Gasteiger partial charge in [0.05, 0.1) is 44.7 Å². The number of piperidine rings is 1. The number of hydrogen-bond donors (Lipinski definition) is 4. The third kappa shape index (κ3) is 22.8. The maximum absolute atomic E-state index is 14.5. The fourth-order valence-electron chi connectivity index (χ4n) is 15.8. The van der Waals surface area contributed by atoms with Crippen molar-refractivity contribution in [3.8, 4) is 11.5 Å². The Kier molecular flexibility index (Phi) is 33.2. The van der Waals surface area contributed by atoms with Crippen molar-refractivity contribution in [1.82, 2.24) is 10.2 Å². The Hall–Kier alpha value is -6.35. The van der Waals surface area contributed by atoms with E-state index in [1.807, 2.05) is 77.1 Å². The van der Waals surface area contributed by atoms with Gasteiger partial charge in [-0.25, -0.2) is 4.79 Å². The Morgan fingerprint density at radius 1 is 0.775 bits per heavy atom. The molecule has 3 heterocycles. The van der Waals surface area contributed by atoms with Gasteiger partial charge in [-0.2, -0.15) is 0 Å². The summed E-state index contributed by atoms with van der Waals surface area (Å²) in [5, 5.41) is 34.6. The predicted molar refractivity (Wildman–Crippen MR) is 400 cm³/mol. The number of Topliss-reactive ketones (excluding diaryl/α,β-unsaturated/α-hetero) is 3. The summed E-state index contributed by atoms with van der Waals surface area (Å²) < 4.78 is 41.5. The summed E-state index contributed by atoms with van der Waals surface area (Å²) in [4.78, 5) is 74.9. The van der Waals surface area contributed by atoms with Gasteiger partial charge in [-0.1, -0.05) is 127 Å². The van der Waals surface area contributed by atoms with E-state index >= 15 is 0 Å². The molecule has 8 rings (SSSR count). The van der Waals surface area contributed by atoms with Crippen LogP contribution in [0.15, 0.2) is 108 Å². The molecule has 2 aliphatic carbocycles. The number of benzene rings is 3. The first kappa shape index (κ1) is 82.9. The molecule has 102 heavy (non-hydrogen) atoms. The van der Waals surface area contributed by atoms with Crippen molar-refractivity contribution in [2.45, 2.75) is 233 Å². The number of cyclic esters (lactones) is 1. The van der Waals surface area contributed by atoms with Gasteiger partial charge >= 0.3 is 5.97 Å². The highest BCUT2D eigenvalue weighted by Crippen LogP contribution is 2.42. The molecular weight excluding hydrogens is 1290 g/mol. The number of anilines is 1. The number of likely N-dealkylation sites (N-methyl/N-ethyl adjacent to an activating group) is 1. The number of nitrogens with one attached hydrogen (secondary N) is 1. The number of carbonyl (C=O) groups excluding carboxylic acids is 5. The van der Waals surface area contributed by atoms with Crippen molar-refractivity contribution in [3.63, 3.8) is 0 Å². The maximum Gasteiger partial charge on any atom is 0.329 e. The summed E-state index contributed by atoms with van der Waals surface area (Å²) in [7, 11) is 6.52. The minimum absolute atomic E-state index is 0.00654. The van der Waals surface area contributed by atoms with Gasteiger partial charge < -0.3 is 63.6 Å². The van der Waals surface area contributed by atoms with Gasteiger partial charge in [0.2, 0.25) is 5.79 Å². The zero-order valence-corrected chi connectivity index (χ0v) is 63.8. The number of ether oxygens (including phenoxy) is 7. The summed E-state index contributed by atoms with van der Waals surface area (Å²) >= 11 is 0. The van der Waals surface area contributed by atoms with E-state index in [-0.39, 0.29) is 86.0 Å². The van der Waals surface area contributed by atoms with E-state index in [0.29, 0.717) is 63.0 Å². The number of esters is 1. The Bertz CT molecular complexity index is 3310. The smallest absolute Gasteiger partial charge is 0.329 e. The molecule has 2 bridgehead atoms. The highest BCUT2D eigenvalue weighted by molar-refractivity contribution is 6.39. The molecule has 5 aliphatic rings. The number of aromatic hydroxyl groups is 1. The lowest BCUT2D eigenvalue weighted by Gasteiger charge is -2.42. The average Bonchev–Trinajstić information content (AvgIpc) is 0.777. The molecule has 0 unspecified atom stereocenters. The van der Waals surface area contributed by atoms with Crippen molar-refractivity contribution >= 4 is 34.9 Å². The summed E-state index contributed by atoms with van der Waals surface area (Å²) in [6.07, 6.45) is 18.9. The van der Waals surface area contributed by atoms with Gasteiger partial charge in [0, 0.05) is 89.2 Å². The molecule has 1 saturated carbocycles. The minimum Gasteiger partial charge on any atom is -0.508 e. The number of amides is 1. The number of allylic oxidation sites excluding steroid dienone is 6. The zero-order valence-electron chi connectivity index (χ0n) is 63.8. The molecule has 4 N–H and O–H groups in total. The van der Waals surface area contributed by atoms with Gasteiger partial charge in [-0.3, -0.25) is 19.2 Å². The van der Waals surface area contributed by atoms with Crippen LogP contribution in [0.1, 0.15) is 186 Å². The SMILES string of the molecule is CCNCCc1ccc(CN(CC)c2cc(OC)ccc2[C@@H]2CCc3cc(O)ccc3C2)cc1.CO[C@H]1C[C@@H]2CC[C@@H](C)[C@@](O)(O2)C(=O)C(=O)N2CCCC[C@H]2C(=O)O[C@H]([C@H](C)C[C@@H]2CC[C@@H](OCCO)[C@H](OC)C2)CC(=O)[C@H](C)/C=C(\C)[C@@H](C)[C@@H](OC)C(=O)[C@H](C)C[C@H](C)/C=C/C=CC=C1C. The molecule has 0 radical (unpaired) electrons. The van der Waals surface area contributed by atoms with E-state index in [1.54, 1.807) is 35.2 Å². The highest BCUT2D eigenvalue weighted by atomic mass is 16.6. The number of hydrogen-bond acceptors (Lipinski definition) is 17. The molecule has 564 valence electrons. The Balaban J connectivity index is 0.000000355. The number of aryl methyl sites for hydroxylation is 1. The molecule has 2 saturated heterocycles. The lowest BCUT2D eigenvalue weighted by Crippen LogP contribution is -2.61. The third-order valence-electron chi connectivity index (χ3n) is 22.4. The number of carbonyl (C=O) groups is 5. The van der Waals surface area contributed by atoms with E-state index in [1.165, 1.54) is 45.5 Å². The number of nitrogens with zero attached hydrogens (tertiary/aromatic N) is 2. The first-order valence-electron chi connectivity index (χ1n) is 38.0. The molecule has 3 fully saturated rings. The normalized spacial score (nSPS) is 30.3. The number of fused-ring (bicyclic) bond motifs is 4. The van der Waals surface area contributed by atoms with Gasteiger partial charge in [-0.15, -0.1) is 0 Å². The number of aliphatic hydroxyl groups is 2. The van der Waals surface area contributed by atoms with Crippen LogP contribution in [0.4, 0.5) is 5.69 Å². The second-order valence-electron chi connectivity index (χ2n) is 29.8. The summed E-state index contributed by atoms with van der Waals surface area (Å²) in [6.45, 7) is 23.7. The molecule has 0 aromatic heterocycles. The van der Waals surface area contributed by atoms with Crippen molar-refractivity contribution < 1.29 is 72.5 Å². The van der Waals surface area contributed by atoms with E-state index in [0.717, 1.165) is 81.6 Å². The molecule has 18 heteroatoms. The van der Waals surface area contributed by atoms with Crippen LogP contribution in [0.5, 0.6) is 11.5 Å². The highest BCUT2D eigenvalue weighted by Gasteiger charge is 2.53. The first-order chi connectivity index (χ1) is 48.9. The Morgan fingerprint density at radius 2 is 1.53 bits per heavy atom. The second-order valence-corrected chi connectivity index (χ2v) is 29.8. The van der Waals surface area contributed by atoms with Crippen LogP contribution in [0.25, 0.3) is 0 Å². The fraction of sp³-hybridized carbons (Fsp3) is 0.631. The van der Waals surface area contributed by atoms with Gasteiger partial charge in [0.1, 0.15) is 35.5 Å². The summed E-state index contributed by atoms with van der Waals surface area (Å²) in [6, 6.07) is 20.4. The van der Waals surface area contributed by atoms with Gasteiger partial charge in [0.15, 0.2) is 5.78 Å². The Morgan fingerprint density at radius 3 is 2.23 bits per heavy atom. The number of phenolic OH excluding ortho intramolecular Hbond substituents is 1. The van der Waals surface area contributed by atoms with E-state index in [4.69, 9.17) is 33.2 Å². The predicted octanol–water partition coefficient (Wildman–Crippen LogP) is 13.3. The zero-order chi connectivity index (χ0) is 74.2. The van der Waals surface area contributed by atoms with Gasteiger partial charge in [-0.05, 0) is 199 Å². The monoisotopic (exact) mass is 1410 g/mol. The van der Waals surface area contributed by atoms with Crippen molar-refractivity contribution in [3.05, 3.63) is 136 Å². The van der Waals surface area contributed by atoms with E-state index in [2.05, 4.69) is 85.6 Å². The number of ketones is 3. The molecule has 0 spiro atoms. The number of aliphatic hydroxyl groups excluding tert-OH is 1. The summed E-state index contributed by atoms with van der Waals surface area (Å²) in [5.41, 5.74) is 9.74. The number of methoxy groups -OCH3 is 4. The average molecular weight is 1410 g/mol. The van der Waals surface area contributed by atoms with E-state index < -0.39 is 65.7 Å². The third-order valence-corrected chi connectivity index (χ3v) is 22.4. The fourth-order valence-corrected chi connectivity index (χ4v) is 15.8. The van der Waals surface area contributed by atoms with Crippen LogP contribution in [0.3, 0.4) is 0 Å². The topological polar surface area (TPSA) is 229 Å². The largest absolute Gasteiger partial charge is 0.508 e. The van der Waals surface area contributed by atoms with Crippen LogP contribution < -0.4 is 15.0 Å². The first-order valence-corrected chi connectivity index (χ1v) is 38.0. The standard InChI is InChI=1S/C54H85NO13.C30H38N2O2/c1-33-17-13-12-14-18-34(2)46(63-9)31-42-22-20-39(7)54(62,68-42)51(59)52(60)55-24-16-15-19-43(55)53(61)67-47(37(5)29-41-21-23-45(66-26-25-56)48(30-41)64-10)32-44(57)36(4)28-35(3)40(8)50(65-11)49(58)38(6)27-33;1-4-31-17-16-22-6-8-23(9-7-22)21-32(5-2)30-20-28(34-3)14-15-29(30)26-11-10-25-19-27(33)13-12-24(25)18-26/h12-14,17-18,28,33,36-43,45-48,50,56,62H,15-16,19-27,29-32H2,1-11H3;6-9,12-15,19-20,26,31,33H,4-5,10-11,16-18,21H2,1-3H3/b14-12?,17-13+,34-18?,35-28+;/t33-,36-,37-,38-,39-,40-,41+,42+,43+,45-,46+,47+,48-,50-,54-;26-/m11/s1. The molecule has 3 aromatic carbocycles. The number of phenols is 1. The van der Waals surface area contributed by atoms with Crippen LogP contribution in [-0.2, 0) is 78.2 Å². The van der Waals surface area contributed by atoms with E-state index in [9.17, 15) is 39.3 Å². The Labute approximate surface area is 609 Å². The van der Waals surface area contributed by atoms with Crippen LogP contribution in [0.2, 0.25) is 0 Å². The minimum atomic E-state index is -2.42. The van der Waals surface area contributed by atoms with Gasteiger partial charge in [0.25, 0.3) is 11.7 Å². The second kappa shape index (κ2) is 40.8.